The molecule has 1 saturated carbocycles. The monoisotopic (exact) mass is 277 g/mol. The summed E-state index contributed by atoms with van der Waals surface area (Å²) in [4.78, 5) is 37.5. The third kappa shape index (κ3) is 1.44. The number of carbonyl (C=O) groups excluding carboxylic acids is 3. The molecule has 1 aromatic carbocycles. The van der Waals surface area contributed by atoms with Crippen LogP contribution in [0, 0.1) is 0 Å². The number of nitrogens with zero attached hydrogens (tertiary/aromatic N) is 1. The number of halogens is 1. The highest BCUT2D eigenvalue weighted by atomic mass is 19.1. The molecule has 5 nitrogen and oxygen atoms in total. The first kappa shape index (κ1) is 12.8. The van der Waals surface area contributed by atoms with Gasteiger partial charge in [0.1, 0.15) is 6.17 Å². The van der Waals surface area contributed by atoms with Gasteiger partial charge in [0.15, 0.2) is 5.54 Å². The van der Waals surface area contributed by atoms with Gasteiger partial charge in [0.25, 0.3) is 11.8 Å². The number of imide groups is 1. The van der Waals surface area contributed by atoms with Crippen molar-refractivity contribution >= 4 is 17.8 Å². The van der Waals surface area contributed by atoms with Crippen molar-refractivity contribution in [3.8, 4) is 0 Å². The molecule has 20 heavy (non-hydrogen) atoms. The van der Waals surface area contributed by atoms with Gasteiger partial charge in [0.2, 0.25) is 0 Å². The first-order valence-corrected chi connectivity index (χ1v) is 6.21. The predicted molar refractivity (Wildman–Crippen MR) is 65.8 cm³/mol. The molecule has 0 bridgehead atoms. The average Bonchev–Trinajstić information content (AvgIpc) is 2.67. The van der Waals surface area contributed by atoms with E-state index >= 15 is 0 Å². The second-order valence-corrected chi connectivity index (χ2v) is 5.02. The fourth-order valence-corrected chi connectivity index (χ4v) is 2.88. The normalized spacial score (nSPS) is 28.1. The van der Waals surface area contributed by atoms with Crippen LogP contribution in [0.4, 0.5) is 4.39 Å². The summed E-state index contributed by atoms with van der Waals surface area (Å²) in [5.41, 5.74) is -1.02. The summed E-state index contributed by atoms with van der Waals surface area (Å²) >= 11 is 0. The molecule has 0 atom stereocenters. The van der Waals surface area contributed by atoms with Crippen LogP contribution in [0.25, 0.3) is 0 Å². The topological polar surface area (TPSA) is 63.7 Å². The number of benzene rings is 1. The lowest BCUT2D eigenvalue weighted by atomic mass is 9.73. The molecule has 0 aromatic heterocycles. The molecule has 6 heteroatoms. The van der Waals surface area contributed by atoms with Gasteiger partial charge in [-0.2, -0.15) is 0 Å². The van der Waals surface area contributed by atoms with E-state index in [9.17, 15) is 18.8 Å². The highest BCUT2D eigenvalue weighted by Gasteiger charge is 2.61. The molecule has 1 aliphatic heterocycles. The van der Waals surface area contributed by atoms with Crippen LogP contribution in [-0.2, 0) is 9.53 Å². The standard InChI is InChI=1S/C14H12FNO4/c1-20-13(19)14(6-8(15)7-14)16-11(17)9-4-2-3-5-10(9)12(16)18/h2-5,8H,6-7H2,1H3/t8-,14+. The van der Waals surface area contributed by atoms with Crippen molar-refractivity contribution in [1.29, 1.82) is 0 Å². The molecular formula is C14H12FNO4. The Labute approximate surface area is 114 Å². The molecular weight excluding hydrogens is 265 g/mol. The van der Waals surface area contributed by atoms with Crippen LogP contribution in [0.3, 0.4) is 0 Å². The summed E-state index contributed by atoms with van der Waals surface area (Å²) < 4.78 is 18.0. The SMILES string of the molecule is COC(=O)[C@]1(N2C(=O)c3ccccc3C2=O)C[C@@H](F)C1. The first-order chi connectivity index (χ1) is 9.51. The van der Waals surface area contributed by atoms with E-state index in [2.05, 4.69) is 4.74 Å². The maximum absolute atomic E-state index is 13.3. The second-order valence-electron chi connectivity index (χ2n) is 5.02. The summed E-state index contributed by atoms with van der Waals surface area (Å²) in [6.45, 7) is 0. The Morgan fingerprint density at radius 2 is 1.75 bits per heavy atom. The van der Waals surface area contributed by atoms with Crippen molar-refractivity contribution in [2.24, 2.45) is 0 Å². The third-order valence-corrected chi connectivity index (χ3v) is 3.91. The molecule has 1 aromatic rings. The van der Waals surface area contributed by atoms with Crippen LogP contribution < -0.4 is 0 Å². The molecule has 0 N–H and O–H groups in total. The van der Waals surface area contributed by atoms with Gasteiger partial charge >= 0.3 is 5.97 Å². The molecule has 0 unspecified atom stereocenters. The smallest absolute Gasteiger partial charge is 0.332 e. The quantitative estimate of drug-likeness (QED) is 0.604. The molecule has 1 fully saturated rings. The van der Waals surface area contributed by atoms with Crippen molar-refractivity contribution < 1.29 is 23.5 Å². The number of fused-ring (bicyclic) bond motifs is 1. The predicted octanol–water partition coefficient (Wildman–Crippen LogP) is 1.33. The van der Waals surface area contributed by atoms with Crippen molar-refractivity contribution in [1.82, 2.24) is 4.90 Å². The zero-order valence-electron chi connectivity index (χ0n) is 10.8. The lowest BCUT2D eigenvalue weighted by molar-refractivity contribution is -0.161. The molecule has 0 radical (unpaired) electrons. The Morgan fingerprint density at radius 1 is 1.25 bits per heavy atom. The van der Waals surface area contributed by atoms with Crippen LogP contribution in [0.2, 0.25) is 0 Å². The van der Waals surface area contributed by atoms with Gasteiger partial charge in [0.05, 0.1) is 18.2 Å². The number of hydrogen-bond acceptors (Lipinski definition) is 4. The van der Waals surface area contributed by atoms with Gasteiger partial charge in [-0.25, -0.2) is 9.18 Å². The maximum Gasteiger partial charge on any atom is 0.332 e. The number of methoxy groups -OCH3 is 1. The Balaban J connectivity index is 2.05. The number of ether oxygens (including phenoxy) is 1. The minimum absolute atomic E-state index is 0.203. The minimum Gasteiger partial charge on any atom is -0.467 e. The Bertz CT molecular complexity index is 586. The second kappa shape index (κ2) is 4.13. The third-order valence-electron chi connectivity index (χ3n) is 3.91. The average molecular weight is 277 g/mol. The van der Waals surface area contributed by atoms with E-state index < -0.39 is 29.5 Å². The minimum atomic E-state index is -1.50. The molecule has 1 heterocycles. The highest BCUT2D eigenvalue weighted by molar-refractivity contribution is 6.23. The molecule has 2 amide bonds. The van der Waals surface area contributed by atoms with Gasteiger partial charge in [-0.05, 0) is 12.1 Å². The van der Waals surface area contributed by atoms with Gasteiger partial charge in [0, 0.05) is 12.8 Å². The molecule has 0 saturated heterocycles. The number of carbonyl (C=O) groups is 3. The van der Waals surface area contributed by atoms with Crippen LogP contribution >= 0.6 is 0 Å². The lowest BCUT2D eigenvalue weighted by Crippen LogP contribution is -2.65. The van der Waals surface area contributed by atoms with E-state index in [4.69, 9.17) is 0 Å². The number of rotatable bonds is 2. The summed E-state index contributed by atoms with van der Waals surface area (Å²) in [7, 11) is 1.16. The molecule has 3 rings (SSSR count). The van der Waals surface area contributed by atoms with Crippen molar-refractivity contribution in [2.75, 3.05) is 7.11 Å². The maximum atomic E-state index is 13.3. The fraction of sp³-hybridized carbons (Fsp3) is 0.357. The van der Waals surface area contributed by atoms with Gasteiger partial charge < -0.3 is 4.74 Å². The van der Waals surface area contributed by atoms with Crippen LogP contribution in [0.5, 0.6) is 0 Å². The Kier molecular flexibility index (Phi) is 2.64. The molecule has 0 spiro atoms. The molecule has 1 aliphatic carbocycles. The van der Waals surface area contributed by atoms with E-state index in [1.54, 1.807) is 12.1 Å². The van der Waals surface area contributed by atoms with E-state index in [1.807, 2.05) is 0 Å². The van der Waals surface area contributed by atoms with Crippen LogP contribution in [-0.4, -0.2) is 41.5 Å². The fourth-order valence-electron chi connectivity index (χ4n) is 2.88. The van der Waals surface area contributed by atoms with E-state index in [0.717, 1.165) is 12.0 Å². The van der Waals surface area contributed by atoms with E-state index in [1.165, 1.54) is 12.1 Å². The van der Waals surface area contributed by atoms with Crippen molar-refractivity contribution in [2.45, 2.75) is 24.6 Å². The van der Waals surface area contributed by atoms with Crippen molar-refractivity contribution in [3.05, 3.63) is 35.4 Å². The Hall–Kier alpha value is -2.24. The number of esters is 1. The van der Waals surface area contributed by atoms with E-state index in [0.29, 0.717) is 0 Å². The first-order valence-electron chi connectivity index (χ1n) is 6.21. The van der Waals surface area contributed by atoms with Crippen LogP contribution in [0.15, 0.2) is 24.3 Å². The van der Waals surface area contributed by atoms with Gasteiger partial charge in [-0.3, -0.25) is 14.5 Å². The Morgan fingerprint density at radius 3 is 2.15 bits per heavy atom. The van der Waals surface area contributed by atoms with Crippen molar-refractivity contribution in [3.63, 3.8) is 0 Å². The van der Waals surface area contributed by atoms with Crippen LogP contribution in [0.1, 0.15) is 33.6 Å². The number of alkyl halides is 1. The lowest BCUT2D eigenvalue weighted by Gasteiger charge is -2.46. The zero-order chi connectivity index (χ0) is 14.5. The van der Waals surface area contributed by atoms with Gasteiger partial charge in [-0.15, -0.1) is 0 Å². The summed E-state index contributed by atoms with van der Waals surface area (Å²) in [6.07, 6.45) is -1.62. The molecule has 2 aliphatic rings. The van der Waals surface area contributed by atoms with Gasteiger partial charge in [-0.1, -0.05) is 12.1 Å². The number of hydrogen-bond donors (Lipinski definition) is 0. The highest BCUT2D eigenvalue weighted by Crippen LogP contribution is 2.44. The number of amides is 2. The summed E-state index contributed by atoms with van der Waals surface area (Å²) in [5.74, 6) is -1.88. The summed E-state index contributed by atoms with van der Waals surface area (Å²) in [6, 6.07) is 6.31. The summed E-state index contributed by atoms with van der Waals surface area (Å²) in [5, 5.41) is 0. The zero-order valence-corrected chi connectivity index (χ0v) is 10.8. The van der Waals surface area contributed by atoms with E-state index in [-0.39, 0.29) is 24.0 Å². The molecule has 104 valence electrons. The largest absolute Gasteiger partial charge is 0.467 e.